The van der Waals surface area contributed by atoms with Crippen LogP contribution in [-0.2, 0) is 6.18 Å². The molecule has 0 unspecified atom stereocenters. The molecule has 0 bridgehead atoms. The average molecular weight is 407 g/mol. The number of aromatic nitrogens is 3. The summed E-state index contributed by atoms with van der Waals surface area (Å²) >= 11 is 12.4. The van der Waals surface area contributed by atoms with Gasteiger partial charge in [-0.05, 0) is 42.2 Å². The minimum Gasteiger partial charge on any atom is -0.305 e. The summed E-state index contributed by atoms with van der Waals surface area (Å²) < 4.78 is 42.6. The first kappa shape index (κ1) is 17.8. The van der Waals surface area contributed by atoms with E-state index in [2.05, 4.69) is 19.7 Å². The zero-order valence-electron chi connectivity index (χ0n) is 12.3. The Hall–Kier alpha value is -1.97. The average Bonchev–Trinajstić information content (AvgIpc) is 2.85. The van der Waals surface area contributed by atoms with Crippen LogP contribution >= 0.6 is 34.7 Å². The highest BCUT2D eigenvalue weighted by Gasteiger charge is 2.33. The van der Waals surface area contributed by atoms with E-state index in [4.69, 9.17) is 23.2 Å². The molecule has 3 aromatic heterocycles. The molecule has 1 N–H and O–H groups in total. The quantitative estimate of drug-likeness (QED) is 0.651. The number of amides is 1. The highest BCUT2D eigenvalue weighted by atomic mass is 35.5. The van der Waals surface area contributed by atoms with Gasteiger partial charge in [-0.15, -0.1) is 0 Å². The van der Waals surface area contributed by atoms with Crippen molar-refractivity contribution in [1.29, 1.82) is 0 Å². The number of aryl methyl sites for hydroxylation is 1. The van der Waals surface area contributed by atoms with Gasteiger partial charge in [0, 0.05) is 5.39 Å². The van der Waals surface area contributed by atoms with E-state index in [0.29, 0.717) is 10.9 Å². The van der Waals surface area contributed by atoms with E-state index >= 15 is 0 Å². The van der Waals surface area contributed by atoms with Crippen molar-refractivity contribution in [2.75, 3.05) is 5.32 Å². The smallest absolute Gasteiger partial charge is 0.305 e. The van der Waals surface area contributed by atoms with Crippen LogP contribution in [0.5, 0.6) is 0 Å². The minimum absolute atomic E-state index is 0.00159. The first-order valence-corrected chi connectivity index (χ1v) is 8.17. The summed E-state index contributed by atoms with van der Waals surface area (Å²) in [6.45, 7) is 1.52. The Labute approximate surface area is 153 Å². The standard InChI is InChI=1S/C14H7Cl2F3N4OS/c1-5-4-7(14(17,18)19)20-12-6(5)2-3-8(21-12)22-13(24)10-9(15)11(16)25-23-10/h2-4H,1H3,(H,20,21,22,24). The zero-order chi connectivity index (χ0) is 18.4. The number of carbonyl (C=O) groups excluding carboxylic acids is 1. The summed E-state index contributed by atoms with van der Waals surface area (Å²) in [5, 5.41) is 2.86. The number of fused-ring (bicyclic) bond motifs is 1. The maximum atomic E-state index is 12.9. The Morgan fingerprint density at radius 3 is 2.56 bits per heavy atom. The third-order valence-electron chi connectivity index (χ3n) is 3.22. The third-order valence-corrected chi connectivity index (χ3v) is 4.84. The number of nitrogens with one attached hydrogen (secondary N) is 1. The van der Waals surface area contributed by atoms with E-state index in [1.165, 1.54) is 19.1 Å². The fourth-order valence-corrected chi connectivity index (χ4v) is 3.06. The number of anilines is 1. The molecule has 0 atom stereocenters. The van der Waals surface area contributed by atoms with Gasteiger partial charge >= 0.3 is 6.18 Å². The molecule has 25 heavy (non-hydrogen) atoms. The Balaban J connectivity index is 1.98. The van der Waals surface area contributed by atoms with Crippen LogP contribution in [0.3, 0.4) is 0 Å². The maximum Gasteiger partial charge on any atom is 0.433 e. The first-order chi connectivity index (χ1) is 11.7. The molecular formula is C14H7Cl2F3N4OS. The molecule has 0 saturated heterocycles. The maximum absolute atomic E-state index is 12.9. The van der Waals surface area contributed by atoms with Crippen molar-refractivity contribution in [2.45, 2.75) is 13.1 Å². The number of hydrogen-bond donors (Lipinski definition) is 1. The van der Waals surface area contributed by atoms with Crippen molar-refractivity contribution in [1.82, 2.24) is 14.3 Å². The van der Waals surface area contributed by atoms with E-state index in [9.17, 15) is 18.0 Å². The Morgan fingerprint density at radius 1 is 1.24 bits per heavy atom. The summed E-state index contributed by atoms with van der Waals surface area (Å²) in [6, 6.07) is 3.92. The van der Waals surface area contributed by atoms with Crippen molar-refractivity contribution in [3.8, 4) is 0 Å². The molecule has 3 rings (SSSR count). The number of pyridine rings is 2. The van der Waals surface area contributed by atoms with Gasteiger partial charge in [-0.1, -0.05) is 23.2 Å². The van der Waals surface area contributed by atoms with Gasteiger partial charge in [0.05, 0.1) is 0 Å². The predicted molar refractivity (Wildman–Crippen MR) is 89.4 cm³/mol. The van der Waals surface area contributed by atoms with Gasteiger partial charge in [-0.3, -0.25) is 4.79 Å². The van der Waals surface area contributed by atoms with Gasteiger partial charge in [-0.25, -0.2) is 9.97 Å². The largest absolute Gasteiger partial charge is 0.433 e. The summed E-state index contributed by atoms with van der Waals surface area (Å²) in [4.78, 5) is 19.6. The molecule has 0 aliphatic rings. The van der Waals surface area contributed by atoms with Crippen LogP contribution in [0, 0.1) is 6.92 Å². The lowest BCUT2D eigenvalue weighted by molar-refractivity contribution is -0.141. The Kier molecular flexibility index (Phi) is 4.56. The monoisotopic (exact) mass is 406 g/mol. The van der Waals surface area contributed by atoms with Crippen LogP contribution in [0.2, 0.25) is 9.36 Å². The molecule has 130 valence electrons. The highest BCUT2D eigenvalue weighted by Crippen LogP contribution is 2.31. The second-order valence-electron chi connectivity index (χ2n) is 4.96. The third kappa shape index (κ3) is 3.53. The van der Waals surface area contributed by atoms with Crippen LogP contribution < -0.4 is 5.32 Å². The number of rotatable bonds is 2. The zero-order valence-corrected chi connectivity index (χ0v) is 14.6. The van der Waals surface area contributed by atoms with Gasteiger partial charge in [0.2, 0.25) is 0 Å². The fraction of sp³-hybridized carbons (Fsp3) is 0.143. The van der Waals surface area contributed by atoms with Crippen molar-refractivity contribution >= 4 is 57.5 Å². The van der Waals surface area contributed by atoms with Crippen LogP contribution in [0.4, 0.5) is 19.0 Å². The molecule has 0 saturated carbocycles. The number of carbonyl (C=O) groups is 1. The van der Waals surface area contributed by atoms with Crippen molar-refractivity contribution in [3.05, 3.63) is 44.5 Å². The fourth-order valence-electron chi connectivity index (χ4n) is 2.06. The molecular weight excluding hydrogens is 400 g/mol. The van der Waals surface area contributed by atoms with E-state index in [1.807, 2.05) is 0 Å². The lowest BCUT2D eigenvalue weighted by Gasteiger charge is -2.10. The summed E-state index contributed by atoms with van der Waals surface area (Å²) in [7, 11) is 0. The molecule has 3 aromatic rings. The van der Waals surface area contributed by atoms with E-state index in [0.717, 1.165) is 17.6 Å². The van der Waals surface area contributed by atoms with Gasteiger partial charge in [0.25, 0.3) is 5.91 Å². The van der Waals surface area contributed by atoms with Crippen molar-refractivity contribution in [3.63, 3.8) is 0 Å². The predicted octanol–water partition coefficient (Wildman–Crippen LogP) is 4.97. The van der Waals surface area contributed by atoms with Crippen molar-refractivity contribution < 1.29 is 18.0 Å². The summed E-state index contributed by atoms with van der Waals surface area (Å²) in [5.41, 5.74) is -0.904. The van der Waals surface area contributed by atoms with Crippen LogP contribution in [0.15, 0.2) is 18.2 Å². The van der Waals surface area contributed by atoms with Gasteiger partial charge in [0.1, 0.15) is 20.9 Å². The number of hydrogen-bond acceptors (Lipinski definition) is 5. The second kappa shape index (κ2) is 6.40. The lowest BCUT2D eigenvalue weighted by Crippen LogP contribution is -2.14. The topological polar surface area (TPSA) is 67.8 Å². The molecule has 0 aliphatic carbocycles. The highest BCUT2D eigenvalue weighted by molar-refractivity contribution is 7.11. The molecule has 3 heterocycles. The number of halogens is 5. The molecule has 5 nitrogen and oxygen atoms in total. The van der Waals surface area contributed by atoms with E-state index in [-0.39, 0.29) is 26.5 Å². The Morgan fingerprint density at radius 2 is 1.96 bits per heavy atom. The number of alkyl halides is 3. The van der Waals surface area contributed by atoms with Gasteiger partial charge < -0.3 is 5.32 Å². The molecule has 1 amide bonds. The molecule has 0 spiro atoms. The van der Waals surface area contributed by atoms with E-state index < -0.39 is 17.8 Å². The second-order valence-corrected chi connectivity index (χ2v) is 6.72. The molecule has 11 heteroatoms. The van der Waals surface area contributed by atoms with Crippen LogP contribution in [-0.4, -0.2) is 20.2 Å². The van der Waals surface area contributed by atoms with E-state index in [1.54, 1.807) is 0 Å². The summed E-state index contributed by atoms with van der Waals surface area (Å²) in [6.07, 6.45) is -4.59. The van der Waals surface area contributed by atoms with Gasteiger partial charge in [0.15, 0.2) is 11.3 Å². The number of nitrogens with zero attached hydrogens (tertiary/aromatic N) is 3. The molecule has 0 aliphatic heterocycles. The van der Waals surface area contributed by atoms with Crippen molar-refractivity contribution in [2.24, 2.45) is 0 Å². The lowest BCUT2D eigenvalue weighted by atomic mass is 10.1. The first-order valence-electron chi connectivity index (χ1n) is 6.64. The van der Waals surface area contributed by atoms with Crippen LogP contribution in [0.25, 0.3) is 11.0 Å². The summed E-state index contributed by atoms with van der Waals surface area (Å²) in [5.74, 6) is -0.660. The Bertz CT molecular complexity index is 990. The minimum atomic E-state index is -4.59. The SMILES string of the molecule is Cc1cc(C(F)(F)F)nc2nc(NC(=O)c3nsc(Cl)c3Cl)ccc12. The van der Waals surface area contributed by atoms with Crippen LogP contribution in [0.1, 0.15) is 21.7 Å². The molecule has 0 fully saturated rings. The molecule has 0 aromatic carbocycles. The normalized spacial score (nSPS) is 11.8. The molecule has 0 radical (unpaired) electrons. The van der Waals surface area contributed by atoms with Gasteiger partial charge in [-0.2, -0.15) is 17.5 Å².